The molecule has 4 heterocycles. The van der Waals surface area contributed by atoms with Gasteiger partial charge in [0.2, 0.25) is 11.8 Å². The maximum Gasteiger partial charge on any atom is 0.256 e. The van der Waals surface area contributed by atoms with Gasteiger partial charge in [0.05, 0.1) is 32.1 Å². The van der Waals surface area contributed by atoms with Crippen LogP contribution in [0.1, 0.15) is 46.8 Å². The number of fused-ring (bicyclic) bond motifs is 1. The second-order valence-electron chi connectivity index (χ2n) is 11.3. The first-order chi connectivity index (χ1) is 21.8. The number of methoxy groups -OCH3 is 1. The molecule has 6 rings (SSSR count). The van der Waals surface area contributed by atoms with Gasteiger partial charge >= 0.3 is 0 Å². The highest BCUT2D eigenvalue weighted by Gasteiger charge is 2.40. The van der Waals surface area contributed by atoms with Gasteiger partial charge in [-0.2, -0.15) is 0 Å². The van der Waals surface area contributed by atoms with Crippen molar-refractivity contribution in [1.82, 2.24) is 20.1 Å². The van der Waals surface area contributed by atoms with Crippen molar-refractivity contribution < 1.29 is 33.0 Å². The number of carbonyl (C=O) groups excluding carboxylic acids is 3. The van der Waals surface area contributed by atoms with Gasteiger partial charge in [0, 0.05) is 61.9 Å². The number of hydrogen-bond donors (Lipinski definition) is 1. The van der Waals surface area contributed by atoms with Gasteiger partial charge < -0.3 is 24.0 Å². The number of amides is 3. The van der Waals surface area contributed by atoms with E-state index in [1.165, 1.54) is 4.90 Å². The summed E-state index contributed by atoms with van der Waals surface area (Å²) in [5.74, 6) is 0.124. The fourth-order valence-corrected chi connectivity index (χ4v) is 6.08. The lowest BCUT2D eigenvalue weighted by Gasteiger charge is -2.36. The van der Waals surface area contributed by atoms with Gasteiger partial charge in [0.1, 0.15) is 24.2 Å². The predicted molar refractivity (Wildman–Crippen MR) is 163 cm³/mol. The number of piperidine rings is 1. The van der Waals surface area contributed by atoms with E-state index in [0.717, 1.165) is 37.4 Å². The third-order valence-corrected chi connectivity index (χ3v) is 8.48. The number of ether oxygens (including phenoxy) is 3. The highest BCUT2D eigenvalue weighted by molar-refractivity contribution is 6.05. The molecule has 2 aromatic carbocycles. The zero-order valence-electron chi connectivity index (χ0n) is 25.4. The topological polar surface area (TPSA) is 114 Å². The first kappa shape index (κ1) is 30.3. The minimum Gasteiger partial charge on any atom is -0.488 e. The Kier molecular flexibility index (Phi) is 8.83. The standard InChI is InChI=1S/C33H36FN5O6/c1-3-44-29-16-23(17-35-32(29)43-2)38-13-11-37(12-14-38)18-21-7-8-22(26(34)15-21)20-45-28-6-4-5-24-25(28)19-39(33(24)42)27-9-10-30(40)36-31(27)41/h4-8,15-17,27H,3,9-14,18-20H2,1-2H3,(H,36,40,41). The van der Waals surface area contributed by atoms with Crippen molar-refractivity contribution in [3.63, 3.8) is 0 Å². The Morgan fingerprint density at radius 1 is 1.02 bits per heavy atom. The summed E-state index contributed by atoms with van der Waals surface area (Å²) in [4.78, 5) is 47.4. The summed E-state index contributed by atoms with van der Waals surface area (Å²) in [6.07, 6.45) is 2.26. The average molecular weight is 618 g/mol. The maximum atomic E-state index is 15.2. The van der Waals surface area contributed by atoms with E-state index in [1.54, 1.807) is 43.6 Å². The number of benzene rings is 2. The molecule has 0 saturated carbocycles. The van der Waals surface area contributed by atoms with Crippen molar-refractivity contribution in [2.24, 2.45) is 0 Å². The van der Waals surface area contributed by atoms with Crippen LogP contribution in [0, 0.1) is 5.82 Å². The van der Waals surface area contributed by atoms with Crippen LogP contribution in [-0.4, -0.2) is 78.4 Å². The van der Waals surface area contributed by atoms with Crippen molar-refractivity contribution in [3.8, 4) is 17.4 Å². The lowest BCUT2D eigenvalue weighted by molar-refractivity contribution is -0.136. The molecule has 0 aliphatic carbocycles. The van der Waals surface area contributed by atoms with Crippen molar-refractivity contribution in [1.29, 1.82) is 0 Å². The van der Waals surface area contributed by atoms with Gasteiger partial charge in [0.25, 0.3) is 11.8 Å². The SMILES string of the molecule is CCOc1cc(N2CCN(Cc3ccc(COc4cccc5c4CN(C4CCC(=O)NC4=O)C5=O)c(F)c3)CC2)cnc1OC. The lowest BCUT2D eigenvalue weighted by Crippen LogP contribution is -2.52. The summed E-state index contributed by atoms with van der Waals surface area (Å²) in [6, 6.07) is 11.6. The van der Waals surface area contributed by atoms with Crippen LogP contribution in [0.5, 0.6) is 17.4 Å². The minimum absolute atomic E-state index is 0.00647. The molecule has 2 fully saturated rings. The number of hydrogen-bond acceptors (Lipinski definition) is 9. The molecule has 3 aromatic rings. The Morgan fingerprint density at radius 2 is 1.84 bits per heavy atom. The highest BCUT2D eigenvalue weighted by atomic mass is 19.1. The Bertz CT molecular complexity index is 1610. The zero-order valence-corrected chi connectivity index (χ0v) is 25.4. The van der Waals surface area contributed by atoms with Crippen LogP contribution < -0.4 is 24.4 Å². The molecule has 3 aliphatic rings. The number of imide groups is 1. The molecule has 45 heavy (non-hydrogen) atoms. The second kappa shape index (κ2) is 13.1. The Labute approximate surface area is 260 Å². The van der Waals surface area contributed by atoms with Gasteiger partial charge in [-0.15, -0.1) is 0 Å². The van der Waals surface area contributed by atoms with Crippen LogP contribution >= 0.6 is 0 Å². The molecule has 12 heteroatoms. The van der Waals surface area contributed by atoms with E-state index in [0.29, 0.717) is 47.2 Å². The normalized spacial score (nSPS) is 18.6. The van der Waals surface area contributed by atoms with E-state index in [9.17, 15) is 14.4 Å². The third-order valence-electron chi connectivity index (χ3n) is 8.48. The summed E-state index contributed by atoms with van der Waals surface area (Å²) in [6.45, 7) is 6.50. The number of anilines is 1. The summed E-state index contributed by atoms with van der Waals surface area (Å²) in [7, 11) is 1.57. The number of nitrogens with zero attached hydrogens (tertiary/aromatic N) is 4. The number of piperazine rings is 1. The second-order valence-corrected chi connectivity index (χ2v) is 11.3. The number of halogens is 1. The molecule has 11 nitrogen and oxygen atoms in total. The average Bonchev–Trinajstić information content (AvgIpc) is 3.37. The maximum absolute atomic E-state index is 15.2. The quantitative estimate of drug-likeness (QED) is 0.343. The van der Waals surface area contributed by atoms with E-state index >= 15 is 4.39 Å². The van der Waals surface area contributed by atoms with Crippen LogP contribution in [-0.2, 0) is 29.3 Å². The molecule has 1 unspecified atom stereocenters. The molecule has 0 bridgehead atoms. The smallest absolute Gasteiger partial charge is 0.256 e. The highest BCUT2D eigenvalue weighted by Crippen LogP contribution is 2.34. The van der Waals surface area contributed by atoms with E-state index in [2.05, 4.69) is 20.1 Å². The summed E-state index contributed by atoms with van der Waals surface area (Å²) < 4.78 is 32.2. The van der Waals surface area contributed by atoms with Crippen LogP contribution in [0.3, 0.4) is 0 Å². The molecule has 3 amide bonds. The van der Waals surface area contributed by atoms with E-state index in [-0.39, 0.29) is 43.6 Å². The molecule has 2 saturated heterocycles. The Morgan fingerprint density at radius 3 is 2.58 bits per heavy atom. The molecule has 236 valence electrons. The predicted octanol–water partition coefficient (Wildman–Crippen LogP) is 3.29. The number of rotatable bonds is 10. The number of aromatic nitrogens is 1. The monoisotopic (exact) mass is 617 g/mol. The van der Waals surface area contributed by atoms with Gasteiger partial charge in [-0.1, -0.05) is 18.2 Å². The number of nitrogens with one attached hydrogen (secondary N) is 1. The fourth-order valence-electron chi connectivity index (χ4n) is 6.08. The van der Waals surface area contributed by atoms with Gasteiger partial charge in [-0.3, -0.25) is 24.6 Å². The molecular weight excluding hydrogens is 581 g/mol. The van der Waals surface area contributed by atoms with E-state index < -0.39 is 11.9 Å². The summed E-state index contributed by atoms with van der Waals surface area (Å²) in [5, 5.41) is 2.31. The van der Waals surface area contributed by atoms with Crippen molar-refractivity contribution in [2.45, 2.75) is 45.5 Å². The summed E-state index contributed by atoms with van der Waals surface area (Å²) in [5.41, 5.74) is 3.37. The van der Waals surface area contributed by atoms with Gasteiger partial charge in [-0.05, 0) is 37.1 Å². The first-order valence-electron chi connectivity index (χ1n) is 15.2. The lowest BCUT2D eigenvalue weighted by atomic mass is 10.0. The van der Waals surface area contributed by atoms with Gasteiger partial charge in [0.15, 0.2) is 5.75 Å². The number of carbonyl (C=O) groups is 3. The molecule has 0 radical (unpaired) electrons. The van der Waals surface area contributed by atoms with Crippen LogP contribution in [0.15, 0.2) is 48.7 Å². The minimum atomic E-state index is -0.712. The largest absolute Gasteiger partial charge is 0.488 e. The zero-order chi connectivity index (χ0) is 31.5. The number of pyridine rings is 1. The van der Waals surface area contributed by atoms with E-state index in [4.69, 9.17) is 14.2 Å². The molecule has 1 N–H and O–H groups in total. The van der Waals surface area contributed by atoms with Crippen LogP contribution in [0.2, 0.25) is 0 Å². The van der Waals surface area contributed by atoms with E-state index in [1.807, 2.05) is 19.1 Å². The van der Waals surface area contributed by atoms with Gasteiger partial charge in [-0.25, -0.2) is 9.37 Å². The Hall–Kier alpha value is -4.71. The summed E-state index contributed by atoms with van der Waals surface area (Å²) >= 11 is 0. The van der Waals surface area contributed by atoms with Crippen LogP contribution in [0.4, 0.5) is 10.1 Å². The molecule has 1 atom stereocenters. The Balaban J connectivity index is 1.04. The first-order valence-corrected chi connectivity index (χ1v) is 15.2. The van der Waals surface area contributed by atoms with Crippen LogP contribution in [0.25, 0.3) is 0 Å². The van der Waals surface area contributed by atoms with Crippen molar-refractivity contribution in [3.05, 3.63) is 76.7 Å². The molecule has 1 aromatic heterocycles. The molecule has 0 spiro atoms. The molecular formula is C33H36FN5O6. The fraction of sp³-hybridized carbons (Fsp3) is 0.394. The molecule has 3 aliphatic heterocycles. The van der Waals surface area contributed by atoms with Crippen molar-refractivity contribution >= 4 is 23.4 Å². The third kappa shape index (κ3) is 6.41. The van der Waals surface area contributed by atoms with Crippen molar-refractivity contribution in [2.75, 3.05) is 44.8 Å².